The smallest absolute Gasteiger partial charge is 0.227 e. The van der Waals surface area contributed by atoms with Gasteiger partial charge in [0.15, 0.2) is 0 Å². The molecule has 0 aromatic carbocycles. The van der Waals surface area contributed by atoms with Gasteiger partial charge in [-0.05, 0) is 11.5 Å². The molecule has 0 bridgehead atoms. The number of carbonyl (C=O) groups is 1. The van der Waals surface area contributed by atoms with Crippen LogP contribution in [-0.4, -0.2) is 17.9 Å². The maximum Gasteiger partial charge on any atom is 0.227 e. The lowest BCUT2D eigenvalue weighted by Gasteiger charge is -2.24. The summed E-state index contributed by atoms with van der Waals surface area (Å²) in [5.74, 6) is 0.0606. The van der Waals surface area contributed by atoms with E-state index in [4.69, 9.17) is 5.73 Å². The minimum atomic E-state index is -0.0207. The van der Waals surface area contributed by atoms with E-state index in [0.29, 0.717) is 17.8 Å². The zero-order valence-corrected chi connectivity index (χ0v) is 10.3. The van der Waals surface area contributed by atoms with Crippen LogP contribution in [0.2, 0.25) is 0 Å². The molecule has 1 rings (SSSR count). The van der Waals surface area contributed by atoms with Gasteiger partial charge >= 0.3 is 0 Å². The van der Waals surface area contributed by atoms with E-state index in [1.165, 1.54) is 0 Å². The van der Waals surface area contributed by atoms with Gasteiger partial charge < -0.3 is 10.6 Å². The fraction of sp³-hybridized carbons (Fsp3) is 0.500. The summed E-state index contributed by atoms with van der Waals surface area (Å²) in [4.78, 5) is 17.4. The Morgan fingerprint density at radius 1 is 1.50 bits per heavy atom. The lowest BCUT2D eigenvalue weighted by molar-refractivity contribution is -0.119. The second-order valence-corrected chi connectivity index (χ2v) is 5.12. The van der Waals surface area contributed by atoms with Gasteiger partial charge in [-0.15, -0.1) is 0 Å². The van der Waals surface area contributed by atoms with Crippen LogP contribution in [0.25, 0.3) is 0 Å². The third-order valence-corrected chi connectivity index (χ3v) is 2.24. The summed E-state index contributed by atoms with van der Waals surface area (Å²) in [6.07, 6.45) is 3.67. The Morgan fingerprint density at radius 3 is 2.62 bits per heavy atom. The molecule has 0 saturated heterocycles. The average molecular weight is 221 g/mol. The number of carbonyl (C=O) groups excluding carboxylic acids is 1. The van der Waals surface area contributed by atoms with E-state index in [9.17, 15) is 4.79 Å². The molecule has 1 heterocycles. The maximum absolute atomic E-state index is 12.0. The normalized spacial score (nSPS) is 11.2. The maximum atomic E-state index is 12.0. The molecule has 0 aliphatic rings. The van der Waals surface area contributed by atoms with Gasteiger partial charge in [0, 0.05) is 19.7 Å². The van der Waals surface area contributed by atoms with Crippen molar-refractivity contribution >= 4 is 17.3 Å². The molecule has 1 aromatic rings. The minimum absolute atomic E-state index is 0.0207. The first kappa shape index (κ1) is 12.5. The second kappa shape index (κ2) is 4.51. The fourth-order valence-electron chi connectivity index (χ4n) is 1.41. The van der Waals surface area contributed by atoms with Crippen LogP contribution in [0.4, 0.5) is 11.4 Å². The summed E-state index contributed by atoms with van der Waals surface area (Å²) in [5, 5.41) is 0. The summed E-state index contributed by atoms with van der Waals surface area (Å²) in [6.45, 7) is 6.11. The van der Waals surface area contributed by atoms with Crippen LogP contribution < -0.4 is 10.6 Å². The van der Waals surface area contributed by atoms with E-state index in [0.717, 1.165) is 0 Å². The molecule has 0 unspecified atom stereocenters. The highest BCUT2D eigenvalue weighted by Gasteiger charge is 2.20. The molecule has 4 nitrogen and oxygen atoms in total. The third kappa shape index (κ3) is 3.22. The zero-order valence-electron chi connectivity index (χ0n) is 10.3. The van der Waals surface area contributed by atoms with Crippen molar-refractivity contribution in [1.82, 2.24) is 4.98 Å². The van der Waals surface area contributed by atoms with Gasteiger partial charge in [0.25, 0.3) is 0 Å². The largest absolute Gasteiger partial charge is 0.396 e. The topological polar surface area (TPSA) is 59.2 Å². The fourth-order valence-corrected chi connectivity index (χ4v) is 1.41. The summed E-state index contributed by atoms with van der Waals surface area (Å²) in [6, 6.07) is 1.75. The highest BCUT2D eigenvalue weighted by Crippen LogP contribution is 2.24. The van der Waals surface area contributed by atoms with Gasteiger partial charge in [0.1, 0.15) is 0 Å². The molecular weight excluding hydrogens is 202 g/mol. The van der Waals surface area contributed by atoms with Crippen molar-refractivity contribution in [3.63, 3.8) is 0 Å². The first-order valence-corrected chi connectivity index (χ1v) is 5.27. The molecule has 2 N–H and O–H groups in total. The molecule has 1 aromatic heterocycles. The molecule has 0 radical (unpaired) electrons. The molecule has 0 atom stereocenters. The van der Waals surface area contributed by atoms with Gasteiger partial charge in [-0.3, -0.25) is 9.78 Å². The summed E-state index contributed by atoms with van der Waals surface area (Å²) in [5.41, 5.74) is 6.98. The number of nitrogens with two attached hydrogens (primary N) is 1. The van der Waals surface area contributed by atoms with Crippen LogP contribution in [0.1, 0.15) is 27.2 Å². The number of amides is 1. The molecule has 0 saturated carbocycles. The van der Waals surface area contributed by atoms with Crippen LogP contribution in [0.5, 0.6) is 0 Å². The monoisotopic (exact) mass is 221 g/mol. The summed E-state index contributed by atoms with van der Waals surface area (Å²) < 4.78 is 0. The quantitative estimate of drug-likeness (QED) is 0.831. The van der Waals surface area contributed by atoms with Crippen molar-refractivity contribution in [2.24, 2.45) is 5.41 Å². The van der Waals surface area contributed by atoms with Gasteiger partial charge in [-0.1, -0.05) is 20.8 Å². The molecular formula is C12H19N3O. The van der Waals surface area contributed by atoms with Gasteiger partial charge in [0.2, 0.25) is 5.91 Å². The molecule has 16 heavy (non-hydrogen) atoms. The molecule has 1 amide bonds. The molecule has 4 heteroatoms. The Labute approximate surface area is 96.5 Å². The number of nitrogen functional groups attached to an aromatic ring is 1. The molecule has 0 aliphatic heterocycles. The number of hydrogen-bond acceptors (Lipinski definition) is 3. The predicted molar refractivity (Wildman–Crippen MR) is 66.1 cm³/mol. The highest BCUT2D eigenvalue weighted by atomic mass is 16.2. The lowest BCUT2D eigenvalue weighted by atomic mass is 9.91. The predicted octanol–water partition coefficient (Wildman–Crippen LogP) is 2.06. The van der Waals surface area contributed by atoms with Crippen molar-refractivity contribution in [2.75, 3.05) is 17.7 Å². The van der Waals surface area contributed by atoms with E-state index < -0.39 is 0 Å². The summed E-state index contributed by atoms with van der Waals surface area (Å²) >= 11 is 0. The summed E-state index contributed by atoms with van der Waals surface area (Å²) in [7, 11) is 1.74. The van der Waals surface area contributed by atoms with E-state index in [2.05, 4.69) is 4.98 Å². The van der Waals surface area contributed by atoms with Crippen LogP contribution in [0.3, 0.4) is 0 Å². The Kier molecular flexibility index (Phi) is 3.52. The first-order valence-electron chi connectivity index (χ1n) is 5.27. The van der Waals surface area contributed by atoms with E-state index >= 15 is 0 Å². The average Bonchev–Trinajstić information content (AvgIpc) is 2.15. The van der Waals surface area contributed by atoms with Gasteiger partial charge in [-0.2, -0.15) is 0 Å². The number of pyridine rings is 1. The van der Waals surface area contributed by atoms with Crippen LogP contribution in [0, 0.1) is 5.41 Å². The second-order valence-electron chi connectivity index (χ2n) is 5.12. The number of rotatable bonds is 2. The Bertz CT molecular complexity index is 382. The van der Waals surface area contributed by atoms with Crippen LogP contribution >= 0.6 is 0 Å². The van der Waals surface area contributed by atoms with Crippen LogP contribution in [-0.2, 0) is 4.79 Å². The minimum Gasteiger partial charge on any atom is -0.396 e. The van der Waals surface area contributed by atoms with E-state index in [-0.39, 0.29) is 11.3 Å². The highest BCUT2D eigenvalue weighted by molar-refractivity contribution is 5.95. The van der Waals surface area contributed by atoms with Crippen molar-refractivity contribution in [3.05, 3.63) is 18.5 Å². The molecule has 0 aliphatic carbocycles. The lowest BCUT2D eigenvalue weighted by Crippen LogP contribution is -2.30. The van der Waals surface area contributed by atoms with E-state index in [1.54, 1.807) is 30.4 Å². The SMILES string of the molecule is CN(C(=O)CC(C)(C)C)c1ccncc1N. The van der Waals surface area contributed by atoms with Crippen molar-refractivity contribution in [3.8, 4) is 0 Å². The zero-order chi connectivity index (χ0) is 12.3. The van der Waals surface area contributed by atoms with Crippen molar-refractivity contribution < 1.29 is 4.79 Å². The van der Waals surface area contributed by atoms with Gasteiger partial charge in [0.05, 0.1) is 17.6 Å². The Morgan fingerprint density at radius 2 is 2.12 bits per heavy atom. The van der Waals surface area contributed by atoms with Gasteiger partial charge in [-0.25, -0.2) is 0 Å². The number of anilines is 2. The molecule has 0 spiro atoms. The molecule has 88 valence electrons. The molecule has 0 fully saturated rings. The van der Waals surface area contributed by atoms with Crippen LogP contribution in [0.15, 0.2) is 18.5 Å². The Balaban J connectivity index is 2.83. The number of hydrogen-bond donors (Lipinski definition) is 1. The van der Waals surface area contributed by atoms with Crippen molar-refractivity contribution in [2.45, 2.75) is 27.2 Å². The van der Waals surface area contributed by atoms with Crippen molar-refractivity contribution in [1.29, 1.82) is 0 Å². The standard InChI is InChI=1S/C12H19N3O/c1-12(2,3)7-11(16)15(4)10-5-6-14-8-9(10)13/h5-6,8H,7,13H2,1-4H3. The number of aromatic nitrogens is 1. The Hall–Kier alpha value is -1.58. The van der Waals surface area contributed by atoms with E-state index in [1.807, 2.05) is 20.8 Å². The number of nitrogens with zero attached hydrogens (tertiary/aromatic N) is 2. The third-order valence-electron chi connectivity index (χ3n) is 2.24. The first-order chi connectivity index (χ1) is 7.31.